The third-order valence-corrected chi connectivity index (χ3v) is 6.70. The van der Waals surface area contributed by atoms with E-state index in [9.17, 15) is 9.59 Å². The Hall–Kier alpha value is -4.93. The van der Waals surface area contributed by atoms with Crippen molar-refractivity contribution >= 4 is 22.8 Å². The van der Waals surface area contributed by atoms with E-state index in [0.29, 0.717) is 12.4 Å². The van der Waals surface area contributed by atoms with Crippen LogP contribution in [0.2, 0.25) is 0 Å². The van der Waals surface area contributed by atoms with E-state index in [1.807, 2.05) is 43.3 Å². The largest absolute Gasteiger partial charge is 0.461 e. The molecule has 0 radical (unpaired) electrons. The molecule has 2 amide bonds. The lowest BCUT2D eigenvalue weighted by Crippen LogP contribution is -2.29. The highest BCUT2D eigenvalue weighted by Gasteiger charge is 2.26. The van der Waals surface area contributed by atoms with Gasteiger partial charge in [0.1, 0.15) is 29.1 Å². The van der Waals surface area contributed by atoms with Gasteiger partial charge in [0, 0.05) is 30.6 Å². The first-order valence-electron chi connectivity index (χ1n) is 12.2. The second kappa shape index (κ2) is 9.51. The van der Waals surface area contributed by atoms with Gasteiger partial charge in [-0.2, -0.15) is 0 Å². The molecule has 2 aromatic carbocycles. The molecule has 5 aromatic rings. The van der Waals surface area contributed by atoms with Crippen LogP contribution in [0.1, 0.15) is 55.9 Å². The third kappa shape index (κ3) is 4.49. The number of carbonyl (C=O) groups is 2. The molecule has 0 fully saturated rings. The van der Waals surface area contributed by atoms with Crippen LogP contribution < -0.4 is 10.6 Å². The van der Waals surface area contributed by atoms with Gasteiger partial charge in [-0.15, -0.1) is 5.10 Å². The number of furan rings is 1. The van der Waals surface area contributed by atoms with E-state index < -0.39 is 5.91 Å². The van der Waals surface area contributed by atoms with Gasteiger partial charge in [-0.3, -0.25) is 9.59 Å². The van der Waals surface area contributed by atoms with Gasteiger partial charge in [-0.05, 0) is 65.1 Å². The molecule has 0 unspecified atom stereocenters. The van der Waals surface area contributed by atoms with Gasteiger partial charge in [-0.1, -0.05) is 24.3 Å². The predicted octanol–water partition coefficient (Wildman–Crippen LogP) is 3.07. The van der Waals surface area contributed by atoms with Crippen LogP contribution in [0.5, 0.6) is 0 Å². The summed E-state index contributed by atoms with van der Waals surface area (Å²) in [5, 5.41) is 18.5. The van der Waals surface area contributed by atoms with Crippen molar-refractivity contribution in [1.29, 1.82) is 0 Å². The Balaban J connectivity index is 1.11. The summed E-state index contributed by atoms with van der Waals surface area (Å²) in [5.41, 5.74) is 5.03. The molecule has 11 nitrogen and oxygen atoms in total. The lowest BCUT2D eigenvalue weighted by atomic mass is 10.0. The minimum absolute atomic E-state index is 0.119. The number of hydrogen-bond donors (Lipinski definition) is 2. The van der Waals surface area contributed by atoms with Crippen LogP contribution in [0.3, 0.4) is 0 Å². The number of benzene rings is 2. The van der Waals surface area contributed by atoms with Crippen molar-refractivity contribution < 1.29 is 14.0 Å². The number of nitrogens with one attached hydrogen (secondary N) is 2. The standard InChI is InChI=1S/C27H24N8O3/c1-15-9-18-4-3-16(10-24(18)38-15)13-28-26(36)22-12-23(30-14-29-22)27(37)31-21-8-6-17-11-19(5-7-20(17)21)25-32-33-34-35(25)2/h3-5,7,9-12,14,21H,6,8,13H2,1-2H3,(H,28,36)(H,31,37)/t21-/m0/s1. The van der Waals surface area contributed by atoms with Crippen LogP contribution in [-0.4, -0.2) is 42.0 Å². The molecule has 1 aliphatic carbocycles. The van der Waals surface area contributed by atoms with Crippen molar-refractivity contribution in [2.75, 3.05) is 0 Å². The van der Waals surface area contributed by atoms with Crippen LogP contribution >= 0.6 is 0 Å². The molecule has 1 atom stereocenters. The number of aryl methyl sites for hydroxylation is 3. The average Bonchev–Trinajstić information content (AvgIpc) is 3.64. The number of amides is 2. The zero-order valence-electron chi connectivity index (χ0n) is 20.8. The van der Waals surface area contributed by atoms with Crippen LogP contribution in [0, 0.1) is 6.92 Å². The quantitative estimate of drug-likeness (QED) is 0.357. The van der Waals surface area contributed by atoms with E-state index in [2.05, 4.69) is 42.2 Å². The number of fused-ring (bicyclic) bond motifs is 2. The SMILES string of the molecule is Cc1cc2ccc(CNC(=O)c3cc(C(=O)N[C@H]4CCc5cc(-c6nnnn6C)ccc54)ncn3)cc2o1. The molecule has 2 N–H and O–H groups in total. The summed E-state index contributed by atoms with van der Waals surface area (Å²) in [4.78, 5) is 33.9. The van der Waals surface area contributed by atoms with Gasteiger partial charge >= 0.3 is 0 Å². The molecule has 0 aliphatic heterocycles. The van der Waals surface area contributed by atoms with Gasteiger partial charge in [0.25, 0.3) is 11.8 Å². The molecule has 3 heterocycles. The van der Waals surface area contributed by atoms with E-state index in [1.54, 1.807) is 11.7 Å². The molecule has 0 bridgehead atoms. The topological polar surface area (TPSA) is 141 Å². The first-order valence-corrected chi connectivity index (χ1v) is 12.2. The van der Waals surface area contributed by atoms with Crippen molar-refractivity contribution in [1.82, 2.24) is 40.8 Å². The van der Waals surface area contributed by atoms with Crippen molar-refractivity contribution in [3.63, 3.8) is 0 Å². The summed E-state index contributed by atoms with van der Waals surface area (Å²) in [7, 11) is 1.79. The fourth-order valence-electron chi connectivity index (χ4n) is 4.81. The highest BCUT2D eigenvalue weighted by Crippen LogP contribution is 2.34. The average molecular weight is 509 g/mol. The lowest BCUT2D eigenvalue weighted by molar-refractivity contribution is 0.0931. The van der Waals surface area contributed by atoms with Crippen molar-refractivity contribution in [3.8, 4) is 11.4 Å². The smallest absolute Gasteiger partial charge is 0.270 e. The molecule has 0 saturated carbocycles. The molecule has 0 spiro atoms. The Kier molecular flexibility index (Phi) is 5.87. The lowest BCUT2D eigenvalue weighted by Gasteiger charge is -2.14. The monoisotopic (exact) mass is 508 g/mol. The number of tetrazole rings is 1. The number of aromatic nitrogens is 6. The maximum Gasteiger partial charge on any atom is 0.270 e. The molecular formula is C27H24N8O3. The molecule has 0 saturated heterocycles. The molecule has 38 heavy (non-hydrogen) atoms. The van der Waals surface area contributed by atoms with Crippen LogP contribution in [0.4, 0.5) is 0 Å². The molecule has 3 aromatic heterocycles. The number of hydrogen-bond acceptors (Lipinski definition) is 8. The maximum atomic E-state index is 13.0. The molecule has 11 heteroatoms. The fourth-order valence-corrected chi connectivity index (χ4v) is 4.81. The molecule has 190 valence electrons. The third-order valence-electron chi connectivity index (χ3n) is 6.70. The first-order chi connectivity index (χ1) is 18.4. The van der Waals surface area contributed by atoms with Crippen LogP contribution in [0.15, 0.2) is 59.3 Å². The van der Waals surface area contributed by atoms with Crippen molar-refractivity contribution in [2.24, 2.45) is 7.05 Å². The molecular weight excluding hydrogens is 484 g/mol. The second-order valence-electron chi connectivity index (χ2n) is 9.30. The van der Waals surface area contributed by atoms with Crippen LogP contribution in [-0.2, 0) is 20.0 Å². The summed E-state index contributed by atoms with van der Waals surface area (Å²) in [6, 6.07) is 15.0. The van der Waals surface area contributed by atoms with E-state index in [0.717, 1.165) is 51.8 Å². The van der Waals surface area contributed by atoms with Gasteiger partial charge in [0.2, 0.25) is 0 Å². The van der Waals surface area contributed by atoms with E-state index in [1.165, 1.54) is 12.4 Å². The number of rotatable bonds is 6. The van der Waals surface area contributed by atoms with Gasteiger partial charge in [0.05, 0.1) is 6.04 Å². The minimum Gasteiger partial charge on any atom is -0.461 e. The Morgan fingerprint density at radius 3 is 2.71 bits per heavy atom. The van der Waals surface area contributed by atoms with Gasteiger partial charge in [0.15, 0.2) is 5.82 Å². The summed E-state index contributed by atoms with van der Waals surface area (Å²) < 4.78 is 7.28. The Labute approximate surface area is 217 Å². The second-order valence-corrected chi connectivity index (χ2v) is 9.30. The zero-order valence-corrected chi connectivity index (χ0v) is 20.8. The van der Waals surface area contributed by atoms with Gasteiger partial charge in [-0.25, -0.2) is 14.6 Å². The molecule has 1 aliphatic rings. The summed E-state index contributed by atoms with van der Waals surface area (Å²) >= 11 is 0. The van der Waals surface area contributed by atoms with Crippen LogP contribution in [0.25, 0.3) is 22.4 Å². The van der Waals surface area contributed by atoms with Gasteiger partial charge < -0.3 is 15.1 Å². The number of carbonyl (C=O) groups excluding carboxylic acids is 2. The van der Waals surface area contributed by atoms with Crippen molar-refractivity contribution in [3.05, 3.63) is 88.7 Å². The normalized spacial score (nSPS) is 14.4. The Morgan fingerprint density at radius 2 is 1.89 bits per heavy atom. The fraction of sp³-hybridized carbons (Fsp3) is 0.222. The highest BCUT2D eigenvalue weighted by atomic mass is 16.3. The summed E-state index contributed by atoms with van der Waals surface area (Å²) in [6.07, 6.45) is 2.81. The summed E-state index contributed by atoms with van der Waals surface area (Å²) in [6.45, 7) is 2.19. The maximum absolute atomic E-state index is 13.0. The number of nitrogens with zero attached hydrogens (tertiary/aromatic N) is 6. The first kappa shape index (κ1) is 23.5. The Bertz CT molecular complexity index is 1690. The summed E-state index contributed by atoms with van der Waals surface area (Å²) in [5.74, 6) is 0.760. The Morgan fingerprint density at radius 1 is 1.05 bits per heavy atom. The molecule has 6 rings (SSSR count). The van der Waals surface area contributed by atoms with E-state index in [-0.39, 0.29) is 23.3 Å². The highest BCUT2D eigenvalue weighted by molar-refractivity contribution is 5.97. The van der Waals surface area contributed by atoms with Crippen molar-refractivity contribution in [2.45, 2.75) is 32.4 Å². The minimum atomic E-state index is -0.394. The van der Waals surface area contributed by atoms with E-state index in [4.69, 9.17) is 4.42 Å². The van der Waals surface area contributed by atoms with E-state index >= 15 is 0 Å². The predicted molar refractivity (Wildman–Crippen MR) is 137 cm³/mol. The zero-order chi connectivity index (χ0) is 26.2.